The van der Waals surface area contributed by atoms with Gasteiger partial charge in [0.1, 0.15) is 11.6 Å². The number of aliphatic carboxylic acids is 1. The lowest BCUT2D eigenvalue weighted by atomic mass is 9.79. The van der Waals surface area contributed by atoms with E-state index in [9.17, 15) is 9.90 Å². The molecule has 0 aromatic heterocycles. The summed E-state index contributed by atoms with van der Waals surface area (Å²) >= 11 is 1.58. The van der Waals surface area contributed by atoms with Gasteiger partial charge in [-0.15, -0.1) is 0 Å². The van der Waals surface area contributed by atoms with Gasteiger partial charge in [0.2, 0.25) is 0 Å². The van der Waals surface area contributed by atoms with E-state index in [0.717, 1.165) is 68.8 Å². The van der Waals surface area contributed by atoms with E-state index in [1.165, 1.54) is 11.6 Å². The maximum absolute atomic E-state index is 15.3. The third kappa shape index (κ3) is 3.47. The number of halogens is 1. The van der Waals surface area contributed by atoms with Gasteiger partial charge < -0.3 is 14.1 Å². The highest BCUT2D eigenvalue weighted by molar-refractivity contribution is 7.99. The Kier molecular flexibility index (Phi) is 5.80. The van der Waals surface area contributed by atoms with Gasteiger partial charge in [-0.2, -0.15) is 0 Å². The molecular weight excluding hydrogens is 449 g/mol. The Morgan fingerprint density at radius 1 is 1.09 bits per heavy atom. The van der Waals surface area contributed by atoms with Crippen molar-refractivity contribution in [2.75, 3.05) is 17.2 Å². The summed E-state index contributed by atoms with van der Waals surface area (Å²) in [5.41, 5.74) is 10.2. The maximum Gasteiger partial charge on any atom is 0.307 e. The number of ether oxygens (including phenoxy) is 1. The normalized spacial score (nSPS) is 14.2. The number of carboxylic acids is 1. The summed E-state index contributed by atoms with van der Waals surface area (Å²) in [5.74, 6) is -0.209. The van der Waals surface area contributed by atoms with E-state index in [-0.39, 0.29) is 12.2 Å². The number of hydrogen-bond acceptors (Lipinski definition) is 4. The zero-order chi connectivity index (χ0) is 24.1. The molecule has 0 fully saturated rings. The minimum Gasteiger partial charge on any atom is -0.493 e. The van der Waals surface area contributed by atoms with Crippen molar-refractivity contribution >= 4 is 23.6 Å². The molecule has 0 spiro atoms. The molecule has 2 aliphatic rings. The highest BCUT2D eigenvalue weighted by Gasteiger charge is 2.32. The molecule has 2 aliphatic heterocycles. The van der Waals surface area contributed by atoms with Gasteiger partial charge >= 0.3 is 5.97 Å². The van der Waals surface area contributed by atoms with Crippen LogP contribution in [0.2, 0.25) is 0 Å². The van der Waals surface area contributed by atoms with Crippen LogP contribution in [0.1, 0.15) is 39.8 Å². The minimum absolute atomic E-state index is 0.0886. The average Bonchev–Trinajstić information content (AvgIpc) is 2.82. The summed E-state index contributed by atoms with van der Waals surface area (Å²) in [5, 5.41) is 9.85. The summed E-state index contributed by atoms with van der Waals surface area (Å²) in [6.07, 6.45) is 3.81. The van der Waals surface area contributed by atoms with Crippen molar-refractivity contribution in [2.45, 2.75) is 46.6 Å². The maximum atomic E-state index is 15.3. The lowest BCUT2D eigenvalue weighted by Gasteiger charge is -2.36. The number of hydrogen-bond donors (Lipinski definition) is 1. The van der Waals surface area contributed by atoms with Crippen LogP contribution in [0.25, 0.3) is 22.3 Å². The van der Waals surface area contributed by atoms with Crippen LogP contribution in [0, 0.1) is 26.6 Å². The number of benzene rings is 3. The number of carboxylic acid groups (broad SMARTS) is 1. The van der Waals surface area contributed by atoms with Crippen LogP contribution < -0.4 is 9.04 Å². The Bertz CT molecular complexity index is 1330. The molecule has 3 aromatic rings. The lowest BCUT2D eigenvalue weighted by Crippen LogP contribution is -2.23. The number of rotatable bonds is 4. The molecule has 0 unspecified atom stereocenters. The zero-order valence-electron chi connectivity index (χ0n) is 19.9. The molecule has 0 bridgehead atoms. The highest BCUT2D eigenvalue weighted by atomic mass is 32.2. The quantitative estimate of drug-likeness (QED) is 0.427. The van der Waals surface area contributed by atoms with Crippen molar-refractivity contribution < 1.29 is 19.0 Å². The molecule has 0 atom stereocenters. The largest absolute Gasteiger partial charge is 0.493 e. The fraction of sp³-hybridized carbons (Fsp3) is 0.321. The van der Waals surface area contributed by atoms with Crippen LogP contribution in [0.3, 0.4) is 0 Å². The van der Waals surface area contributed by atoms with Crippen LogP contribution in [-0.2, 0) is 24.2 Å². The molecule has 0 aliphatic carbocycles. The van der Waals surface area contributed by atoms with E-state index >= 15 is 4.39 Å². The van der Waals surface area contributed by atoms with E-state index in [4.69, 9.17) is 4.74 Å². The molecular formula is C28H28FNO3S. The summed E-state index contributed by atoms with van der Waals surface area (Å²) < 4.78 is 23.3. The van der Waals surface area contributed by atoms with E-state index in [0.29, 0.717) is 18.7 Å². The van der Waals surface area contributed by atoms with Gasteiger partial charge in [0, 0.05) is 17.4 Å². The summed E-state index contributed by atoms with van der Waals surface area (Å²) in [6, 6.07) is 9.28. The second-order valence-corrected chi connectivity index (χ2v) is 9.86. The topological polar surface area (TPSA) is 49.8 Å². The van der Waals surface area contributed by atoms with Gasteiger partial charge in [-0.05, 0) is 90.3 Å². The molecule has 6 heteroatoms. The molecule has 3 aromatic carbocycles. The lowest BCUT2D eigenvalue weighted by molar-refractivity contribution is -0.136. The Hall–Kier alpha value is -2.99. The molecule has 5 rings (SSSR count). The molecule has 0 saturated carbocycles. The van der Waals surface area contributed by atoms with Crippen LogP contribution in [0.5, 0.6) is 5.75 Å². The first kappa shape index (κ1) is 22.8. The first-order valence-corrected chi connectivity index (χ1v) is 12.7. The Morgan fingerprint density at radius 3 is 2.62 bits per heavy atom. The van der Waals surface area contributed by atoms with Crippen molar-refractivity contribution in [2.24, 2.45) is 0 Å². The average molecular weight is 478 g/mol. The molecule has 4 nitrogen and oxygen atoms in total. The third-order valence-corrected chi connectivity index (χ3v) is 7.96. The van der Waals surface area contributed by atoms with Crippen molar-refractivity contribution in [1.82, 2.24) is 0 Å². The van der Waals surface area contributed by atoms with Crippen LogP contribution in [0.15, 0.2) is 30.3 Å². The third-order valence-electron chi connectivity index (χ3n) is 7.21. The first-order valence-electron chi connectivity index (χ1n) is 11.6. The molecule has 2 heterocycles. The van der Waals surface area contributed by atoms with Crippen molar-refractivity contribution in [3.05, 3.63) is 69.5 Å². The van der Waals surface area contributed by atoms with Crippen LogP contribution >= 0.6 is 11.9 Å². The summed E-state index contributed by atoms with van der Waals surface area (Å²) in [6.45, 7) is 7.36. The Labute approximate surface area is 203 Å². The zero-order valence-corrected chi connectivity index (χ0v) is 20.7. The van der Waals surface area contributed by atoms with Crippen molar-refractivity contribution in [3.63, 3.8) is 0 Å². The fourth-order valence-corrected chi connectivity index (χ4v) is 6.33. The molecule has 34 heavy (non-hydrogen) atoms. The number of carbonyl (C=O) groups is 1. The highest BCUT2D eigenvalue weighted by Crippen LogP contribution is 2.51. The molecule has 0 radical (unpaired) electrons. The Morgan fingerprint density at radius 2 is 1.88 bits per heavy atom. The summed E-state index contributed by atoms with van der Waals surface area (Å²) in [7, 11) is 0. The molecule has 176 valence electrons. The first-order chi connectivity index (χ1) is 16.3. The van der Waals surface area contributed by atoms with Gasteiger partial charge in [0.25, 0.3) is 0 Å². The standard InChI is InChI=1S/C28H28FNO3S/c1-15-19-8-6-12-33-23(19)11-10-20(15)25-17(3)26-27-18(7-5-9-22(27)29)14-30(34-4)28(26)16(2)21(25)13-24(31)32/h5,7,9-11H,6,8,12-14H2,1-4H3,(H,31,32). The van der Waals surface area contributed by atoms with E-state index < -0.39 is 5.97 Å². The van der Waals surface area contributed by atoms with Gasteiger partial charge in [-0.25, -0.2) is 4.39 Å². The summed E-state index contributed by atoms with van der Waals surface area (Å²) in [4.78, 5) is 12.0. The number of anilines is 1. The monoisotopic (exact) mass is 477 g/mol. The van der Waals surface area contributed by atoms with E-state index in [2.05, 4.69) is 11.2 Å². The van der Waals surface area contributed by atoms with Gasteiger partial charge in [-0.3, -0.25) is 4.79 Å². The smallest absolute Gasteiger partial charge is 0.307 e. The SMILES string of the molecule is CSN1Cc2cccc(F)c2-c2c(C)c(-c3ccc4c(c3C)CCCO4)c(CC(=O)O)c(C)c21. The molecule has 0 amide bonds. The minimum atomic E-state index is -0.874. The predicted molar refractivity (Wildman–Crippen MR) is 136 cm³/mol. The van der Waals surface area contributed by atoms with Crippen molar-refractivity contribution in [1.29, 1.82) is 0 Å². The van der Waals surface area contributed by atoms with Gasteiger partial charge in [0.05, 0.1) is 25.3 Å². The number of nitrogens with zero attached hydrogens (tertiary/aromatic N) is 1. The fourth-order valence-electron chi connectivity index (χ4n) is 5.65. The van der Waals surface area contributed by atoms with Crippen LogP contribution in [-0.4, -0.2) is 23.9 Å². The van der Waals surface area contributed by atoms with E-state index in [1.807, 2.05) is 38.3 Å². The van der Waals surface area contributed by atoms with Gasteiger partial charge in [0.15, 0.2) is 0 Å². The number of fused-ring (bicyclic) bond motifs is 4. The second-order valence-electron chi connectivity index (χ2n) is 9.06. The molecule has 1 N–H and O–H groups in total. The van der Waals surface area contributed by atoms with Crippen molar-refractivity contribution in [3.8, 4) is 28.0 Å². The Balaban J connectivity index is 1.89. The van der Waals surface area contributed by atoms with Crippen LogP contribution in [0.4, 0.5) is 10.1 Å². The molecule has 0 saturated heterocycles. The predicted octanol–water partition coefficient (Wildman–Crippen LogP) is 6.64. The van der Waals surface area contributed by atoms with Gasteiger partial charge in [-0.1, -0.05) is 30.1 Å². The van der Waals surface area contributed by atoms with E-state index in [1.54, 1.807) is 18.0 Å². The second kappa shape index (κ2) is 8.66.